The minimum absolute atomic E-state index is 0.564. The first kappa shape index (κ1) is 19.1. The highest BCUT2D eigenvalue weighted by molar-refractivity contribution is 5.76. The smallest absolute Gasteiger partial charge is 0.364 e. The molecule has 0 spiro atoms. The highest BCUT2D eigenvalue weighted by Gasteiger charge is 2.53. The third-order valence-corrected chi connectivity index (χ3v) is 3.35. The largest absolute Gasteiger partial charge is 0.477 e. The lowest BCUT2D eigenvalue weighted by Crippen LogP contribution is -2.67. The van der Waals surface area contributed by atoms with E-state index >= 15 is 0 Å². The lowest BCUT2D eigenvalue weighted by molar-refractivity contribution is -0.294. The van der Waals surface area contributed by atoms with Gasteiger partial charge in [-0.3, -0.25) is 4.79 Å². The summed E-state index contributed by atoms with van der Waals surface area (Å²) in [5, 5.41) is 53.9. The van der Waals surface area contributed by atoms with Crippen LogP contribution in [0.15, 0.2) is 5.11 Å². The highest BCUT2D eigenvalue weighted by atomic mass is 16.7. The number of carboxylic acid groups (broad SMARTS) is 1. The SMILES string of the molecule is CC(=O)N[C@H]1[C@H]([C@H](O)[C@H](O)CN=[N+]=[N-])O[C@@](O)(C(=O)O)[13CH2][C@@H]1O. The van der Waals surface area contributed by atoms with Gasteiger partial charge in [0.05, 0.1) is 24.8 Å². The number of amides is 1. The van der Waals surface area contributed by atoms with Crippen molar-refractivity contribution in [2.24, 2.45) is 5.11 Å². The summed E-state index contributed by atoms with van der Waals surface area (Å²) in [4.78, 5) is 24.7. The van der Waals surface area contributed by atoms with Crippen LogP contribution in [-0.4, -0.2) is 80.2 Å². The summed E-state index contributed by atoms with van der Waals surface area (Å²) in [5.74, 6) is -5.22. The Hall–Kier alpha value is -1.95. The Morgan fingerprint density at radius 1 is 1.52 bits per heavy atom. The quantitative estimate of drug-likeness (QED) is 0.131. The number of carbonyl (C=O) groups is 2. The van der Waals surface area contributed by atoms with Gasteiger partial charge in [-0.2, -0.15) is 0 Å². The van der Waals surface area contributed by atoms with Crippen molar-refractivity contribution < 1.29 is 39.9 Å². The normalized spacial score (nSPS) is 33.2. The second kappa shape index (κ2) is 7.55. The van der Waals surface area contributed by atoms with Crippen LogP contribution in [0, 0.1) is 0 Å². The van der Waals surface area contributed by atoms with Crippen LogP contribution >= 0.6 is 0 Å². The van der Waals surface area contributed by atoms with Gasteiger partial charge in [-0.25, -0.2) is 4.79 Å². The lowest BCUT2D eigenvalue weighted by Gasteiger charge is -2.44. The van der Waals surface area contributed by atoms with Crippen LogP contribution in [0.25, 0.3) is 10.4 Å². The van der Waals surface area contributed by atoms with Crippen molar-refractivity contribution in [2.45, 2.75) is 49.6 Å². The number of ether oxygens (including phenoxy) is 1. The minimum atomic E-state index is -2.81. The topological polar surface area (TPSA) is 205 Å². The molecule has 12 nitrogen and oxygen atoms in total. The zero-order chi connectivity index (χ0) is 17.8. The lowest BCUT2D eigenvalue weighted by atomic mass is 9.95. The molecule has 1 fully saturated rings. The number of aliphatic hydroxyl groups is 4. The van der Waals surface area contributed by atoms with E-state index in [9.17, 15) is 30.0 Å². The van der Waals surface area contributed by atoms with E-state index < -0.39 is 61.1 Å². The van der Waals surface area contributed by atoms with E-state index in [4.69, 9.17) is 15.4 Å². The highest BCUT2D eigenvalue weighted by Crippen LogP contribution is 2.30. The van der Waals surface area contributed by atoms with Gasteiger partial charge in [-0.05, 0) is 5.53 Å². The first-order valence-electron chi connectivity index (χ1n) is 6.58. The Morgan fingerprint density at radius 2 is 2.13 bits per heavy atom. The van der Waals surface area contributed by atoms with Crippen molar-refractivity contribution in [1.29, 1.82) is 0 Å². The molecular weight excluding hydrogens is 317 g/mol. The number of hydrogen-bond acceptors (Lipinski definition) is 8. The Balaban J connectivity index is 3.08. The number of carboxylic acids is 1. The molecule has 130 valence electrons. The number of aliphatic carboxylic acids is 1. The molecule has 1 aliphatic rings. The predicted molar refractivity (Wildman–Crippen MR) is 71.7 cm³/mol. The number of hydrogen-bond donors (Lipinski definition) is 6. The molecule has 0 aromatic carbocycles. The number of nitrogens with zero attached hydrogens (tertiary/aromatic N) is 3. The zero-order valence-corrected chi connectivity index (χ0v) is 12.1. The number of aliphatic hydroxyl groups excluding tert-OH is 3. The van der Waals surface area contributed by atoms with Gasteiger partial charge in [-0.1, -0.05) is 5.11 Å². The molecule has 0 aliphatic carbocycles. The Bertz CT molecular complexity index is 510. The average molecular weight is 335 g/mol. The molecule has 12 heteroatoms. The van der Waals surface area contributed by atoms with E-state index in [-0.39, 0.29) is 0 Å². The van der Waals surface area contributed by atoms with Gasteiger partial charge in [0.2, 0.25) is 5.91 Å². The number of rotatable bonds is 6. The number of carbonyl (C=O) groups excluding carboxylic acids is 1. The Morgan fingerprint density at radius 3 is 2.61 bits per heavy atom. The number of nitrogens with one attached hydrogen (secondary N) is 1. The van der Waals surface area contributed by atoms with E-state index in [2.05, 4.69) is 15.3 Å². The van der Waals surface area contributed by atoms with E-state index in [1.165, 1.54) is 0 Å². The van der Waals surface area contributed by atoms with Crippen LogP contribution in [0.1, 0.15) is 13.3 Å². The molecule has 6 atom stereocenters. The number of azide groups is 1. The van der Waals surface area contributed by atoms with Crippen molar-refractivity contribution in [3.05, 3.63) is 10.4 Å². The zero-order valence-electron chi connectivity index (χ0n) is 12.1. The van der Waals surface area contributed by atoms with Crippen molar-refractivity contribution in [3.8, 4) is 0 Å². The van der Waals surface area contributed by atoms with Gasteiger partial charge >= 0.3 is 5.97 Å². The molecule has 0 aromatic heterocycles. The van der Waals surface area contributed by atoms with Gasteiger partial charge in [-0.15, -0.1) is 0 Å². The van der Waals surface area contributed by atoms with Gasteiger partial charge in [0.25, 0.3) is 5.79 Å². The molecule has 0 radical (unpaired) electrons. The molecule has 0 bridgehead atoms. The van der Waals surface area contributed by atoms with Gasteiger partial charge in [0, 0.05) is 18.3 Å². The van der Waals surface area contributed by atoms with Gasteiger partial charge in [0.15, 0.2) is 0 Å². The van der Waals surface area contributed by atoms with Crippen molar-refractivity contribution in [1.82, 2.24) is 5.32 Å². The van der Waals surface area contributed by atoms with E-state index in [0.29, 0.717) is 0 Å². The average Bonchev–Trinajstić information content (AvgIpc) is 2.46. The maximum Gasteiger partial charge on any atom is 0.364 e. The molecule has 1 saturated heterocycles. The molecule has 0 aromatic rings. The third-order valence-electron chi connectivity index (χ3n) is 3.35. The minimum Gasteiger partial charge on any atom is -0.477 e. The van der Waals surface area contributed by atoms with Crippen LogP contribution in [0.3, 0.4) is 0 Å². The van der Waals surface area contributed by atoms with Gasteiger partial charge in [0.1, 0.15) is 12.2 Å². The summed E-state index contributed by atoms with van der Waals surface area (Å²) in [5.41, 5.74) is 8.20. The second-order valence-corrected chi connectivity index (χ2v) is 5.14. The van der Waals surface area contributed by atoms with Crippen LogP contribution in [0.2, 0.25) is 0 Å². The molecule has 1 heterocycles. The van der Waals surface area contributed by atoms with Crippen molar-refractivity contribution in [3.63, 3.8) is 0 Å². The Labute approximate surface area is 129 Å². The summed E-state index contributed by atoms with van der Waals surface area (Å²) in [6.45, 7) is 0.552. The van der Waals surface area contributed by atoms with Gasteiger partial charge < -0.3 is 35.6 Å². The second-order valence-electron chi connectivity index (χ2n) is 5.14. The van der Waals surface area contributed by atoms with E-state index in [1.54, 1.807) is 0 Å². The predicted octanol–water partition coefficient (Wildman–Crippen LogP) is -2.55. The molecular formula is C11H18N4O8. The molecule has 1 amide bonds. The molecule has 0 saturated carbocycles. The Kier molecular flexibility index (Phi) is 6.27. The molecule has 23 heavy (non-hydrogen) atoms. The maximum atomic E-state index is 11.2. The standard InChI is InChI=1S/C11H18N4O8/c1-4(16)14-7-5(17)2-11(22,10(20)21)23-9(7)8(19)6(18)3-13-15-12/h5-9,17-19,22H,2-3H2,1H3,(H,14,16)(H,20,21)/t5-,6+,7+,8+,9+,11+/m0/s1/i2+1. The fraction of sp³-hybridized carbons (Fsp3) is 0.818. The van der Waals surface area contributed by atoms with Crippen molar-refractivity contribution in [2.75, 3.05) is 6.54 Å². The first-order chi connectivity index (χ1) is 10.6. The van der Waals surface area contributed by atoms with Crippen LogP contribution in [0.4, 0.5) is 0 Å². The molecule has 1 aliphatic heterocycles. The monoisotopic (exact) mass is 335 g/mol. The van der Waals surface area contributed by atoms with Crippen LogP contribution in [-0.2, 0) is 14.3 Å². The maximum absolute atomic E-state index is 11.2. The third kappa shape index (κ3) is 4.51. The van der Waals surface area contributed by atoms with Crippen LogP contribution in [0.5, 0.6) is 0 Å². The summed E-state index contributed by atoms with van der Waals surface area (Å²) in [7, 11) is 0. The fourth-order valence-electron chi connectivity index (χ4n) is 2.26. The van der Waals surface area contributed by atoms with Crippen LogP contribution < -0.4 is 5.32 Å². The van der Waals surface area contributed by atoms with E-state index in [1.807, 2.05) is 0 Å². The molecule has 6 N–H and O–H groups in total. The molecule has 0 unspecified atom stereocenters. The summed E-state index contributed by atoms with van der Waals surface area (Å²) in [6, 6.07) is -1.29. The first-order valence-corrected chi connectivity index (χ1v) is 6.58. The van der Waals surface area contributed by atoms with E-state index in [0.717, 1.165) is 6.92 Å². The van der Waals surface area contributed by atoms with Crippen molar-refractivity contribution >= 4 is 11.9 Å². The summed E-state index contributed by atoms with van der Waals surface area (Å²) >= 11 is 0. The molecule has 1 rings (SSSR count). The fourth-order valence-corrected chi connectivity index (χ4v) is 2.26. The summed E-state index contributed by atoms with van der Waals surface area (Å²) < 4.78 is 4.92. The summed E-state index contributed by atoms with van der Waals surface area (Å²) in [6.07, 6.45) is -7.51.